The summed E-state index contributed by atoms with van der Waals surface area (Å²) in [5.41, 5.74) is 3.45. The van der Waals surface area contributed by atoms with Gasteiger partial charge < -0.3 is 25.5 Å². The lowest BCUT2D eigenvalue weighted by Crippen LogP contribution is -2.62. The Morgan fingerprint density at radius 1 is 1.13 bits per heavy atom. The maximum atomic E-state index is 14.1. The molecule has 5 N–H and O–H groups in total. The molecule has 1 spiro atoms. The van der Waals surface area contributed by atoms with Crippen LogP contribution in [-0.2, 0) is 11.2 Å². The molecule has 4 rings (SSSR count). The summed E-state index contributed by atoms with van der Waals surface area (Å²) in [4.78, 5) is 14.1. The van der Waals surface area contributed by atoms with Crippen LogP contribution in [0.15, 0.2) is 83.0 Å². The first-order chi connectivity index (χ1) is 22.5. The Kier molecular flexibility index (Phi) is 13.7. The van der Waals surface area contributed by atoms with E-state index < -0.39 is 17.1 Å². The number of phenols is 1. The maximum Gasteiger partial charge on any atom is 0.163 e. The number of fused-ring (bicyclic) bond motifs is 1. The first-order valence-electron chi connectivity index (χ1n) is 17.0. The summed E-state index contributed by atoms with van der Waals surface area (Å²) in [5.74, 6) is 0.984. The van der Waals surface area contributed by atoms with Crippen LogP contribution in [0.4, 0.5) is 0 Å². The lowest BCUT2D eigenvalue weighted by molar-refractivity contribution is -0.184. The molecular formula is C39H54O6S2. The van der Waals surface area contributed by atoms with Crippen LogP contribution in [0.1, 0.15) is 77.7 Å². The van der Waals surface area contributed by atoms with E-state index in [2.05, 4.69) is 26.5 Å². The van der Waals surface area contributed by atoms with E-state index in [0.717, 1.165) is 52.2 Å². The molecule has 2 aliphatic carbocycles. The van der Waals surface area contributed by atoms with Crippen LogP contribution in [0.3, 0.4) is 0 Å². The highest BCUT2D eigenvalue weighted by Crippen LogP contribution is 2.66. The van der Waals surface area contributed by atoms with Gasteiger partial charge in [-0.2, -0.15) is 0 Å². The maximum absolute atomic E-state index is 14.1. The summed E-state index contributed by atoms with van der Waals surface area (Å²) in [5, 5.41) is 55.4. The van der Waals surface area contributed by atoms with E-state index in [1.54, 1.807) is 45.9 Å². The molecule has 6 unspecified atom stereocenters. The highest BCUT2D eigenvalue weighted by molar-refractivity contribution is 8.76. The molecule has 0 amide bonds. The summed E-state index contributed by atoms with van der Waals surface area (Å²) < 4.78 is 0. The van der Waals surface area contributed by atoms with Crippen molar-refractivity contribution in [2.75, 3.05) is 24.7 Å². The number of rotatable bonds is 13. The SMILES string of the molecule is C=C(C=CC=C(CO)C1CC2CSSCCC(C(=O)Cc3ccc(O)cc3)=C3CCC(C)(O)C2(C3CCCO)C1O)CCC=C(C)C. The van der Waals surface area contributed by atoms with Crippen LogP contribution in [0.2, 0.25) is 0 Å². The number of benzene rings is 1. The molecule has 0 saturated heterocycles. The van der Waals surface area contributed by atoms with Gasteiger partial charge in [0.25, 0.3) is 0 Å². The first kappa shape index (κ1) is 37.7. The van der Waals surface area contributed by atoms with E-state index in [9.17, 15) is 30.3 Å². The summed E-state index contributed by atoms with van der Waals surface area (Å²) in [7, 11) is 3.47. The van der Waals surface area contributed by atoms with Gasteiger partial charge in [-0.25, -0.2) is 0 Å². The van der Waals surface area contributed by atoms with E-state index >= 15 is 0 Å². The second kappa shape index (κ2) is 17.0. The van der Waals surface area contributed by atoms with E-state index in [-0.39, 0.29) is 48.9 Å². The number of aromatic hydroxyl groups is 1. The molecule has 1 aliphatic heterocycles. The highest BCUT2D eigenvalue weighted by atomic mass is 33.1. The molecule has 47 heavy (non-hydrogen) atoms. The van der Waals surface area contributed by atoms with E-state index in [1.165, 1.54) is 5.57 Å². The largest absolute Gasteiger partial charge is 0.508 e. The highest BCUT2D eigenvalue weighted by Gasteiger charge is 2.68. The minimum absolute atomic E-state index is 0.0162. The number of ketones is 1. The first-order valence-corrected chi connectivity index (χ1v) is 19.5. The third-order valence-corrected chi connectivity index (χ3v) is 13.2. The fourth-order valence-electron chi connectivity index (χ4n) is 8.46. The van der Waals surface area contributed by atoms with Gasteiger partial charge in [-0.15, -0.1) is 0 Å². The number of aliphatic hydroxyl groups is 4. The fraction of sp³-hybridized carbons (Fsp3) is 0.564. The van der Waals surface area contributed by atoms with Gasteiger partial charge >= 0.3 is 0 Å². The minimum atomic E-state index is -1.22. The summed E-state index contributed by atoms with van der Waals surface area (Å²) in [6.45, 7) is 9.97. The van der Waals surface area contributed by atoms with Crippen molar-refractivity contribution in [3.8, 4) is 5.75 Å². The lowest BCUT2D eigenvalue weighted by atomic mass is 9.49. The van der Waals surface area contributed by atoms with Crippen molar-refractivity contribution >= 4 is 27.4 Å². The van der Waals surface area contributed by atoms with Crippen LogP contribution >= 0.6 is 21.6 Å². The molecule has 8 heteroatoms. The minimum Gasteiger partial charge on any atom is -0.508 e. The third-order valence-electron chi connectivity index (χ3n) is 10.7. The number of allylic oxidation sites excluding steroid dienone is 8. The Morgan fingerprint density at radius 2 is 1.87 bits per heavy atom. The van der Waals surface area contributed by atoms with Crippen LogP contribution < -0.4 is 0 Å². The molecule has 2 bridgehead atoms. The van der Waals surface area contributed by atoms with Crippen LogP contribution in [0, 0.1) is 23.2 Å². The third kappa shape index (κ3) is 8.57. The molecule has 0 radical (unpaired) electrons. The summed E-state index contributed by atoms with van der Waals surface area (Å²) in [6, 6.07) is 6.74. The zero-order valence-electron chi connectivity index (χ0n) is 28.3. The molecule has 6 nitrogen and oxygen atoms in total. The normalized spacial score (nSPS) is 29.9. The van der Waals surface area contributed by atoms with Crippen molar-refractivity contribution in [2.24, 2.45) is 23.2 Å². The number of Topliss-reactive ketones (excluding diaryl/α,β-unsaturated/α-hetero) is 1. The van der Waals surface area contributed by atoms with Gasteiger partial charge in [0, 0.05) is 35.9 Å². The Balaban J connectivity index is 1.76. The fourth-order valence-corrected chi connectivity index (χ4v) is 10.9. The molecule has 1 aromatic rings. The van der Waals surface area contributed by atoms with Gasteiger partial charge in [0.2, 0.25) is 0 Å². The van der Waals surface area contributed by atoms with Gasteiger partial charge in [0.15, 0.2) is 5.78 Å². The number of carbonyl (C=O) groups excluding carboxylic acids is 1. The Hall–Kier alpha value is -2.07. The van der Waals surface area contributed by atoms with Crippen molar-refractivity contribution in [3.63, 3.8) is 0 Å². The van der Waals surface area contributed by atoms with Crippen molar-refractivity contribution in [2.45, 2.75) is 90.3 Å². The van der Waals surface area contributed by atoms with Crippen molar-refractivity contribution in [3.05, 3.63) is 88.6 Å². The van der Waals surface area contributed by atoms with Crippen molar-refractivity contribution < 1.29 is 30.3 Å². The van der Waals surface area contributed by atoms with Crippen LogP contribution in [-0.4, -0.2) is 67.7 Å². The molecule has 6 atom stereocenters. The smallest absolute Gasteiger partial charge is 0.163 e. The van der Waals surface area contributed by atoms with Gasteiger partial charge in [0.05, 0.1) is 18.3 Å². The van der Waals surface area contributed by atoms with Crippen molar-refractivity contribution in [1.82, 2.24) is 0 Å². The summed E-state index contributed by atoms with van der Waals surface area (Å²) >= 11 is 0. The Bertz CT molecular complexity index is 1370. The number of hydrogen-bond acceptors (Lipinski definition) is 8. The molecule has 3 aliphatic rings. The monoisotopic (exact) mass is 682 g/mol. The predicted molar refractivity (Wildman–Crippen MR) is 195 cm³/mol. The predicted octanol–water partition coefficient (Wildman–Crippen LogP) is 7.28. The number of phenolic OH excluding ortho intramolecular Hbond substituents is 1. The van der Waals surface area contributed by atoms with Crippen LogP contribution in [0.25, 0.3) is 0 Å². The lowest BCUT2D eigenvalue weighted by Gasteiger charge is -2.58. The standard InChI is InChI=1S/C39H54O6S2/c1-26(2)8-5-9-27(3)10-6-11-29(24-41)34-23-30-25-47-46-21-18-33(36(43)22-28-13-15-31(42)16-14-28)32-17-19-38(4,45)39(30,37(34)44)35(32)12-7-20-40/h6,8,10-11,13-16,30,34-35,37,40-42,44-45H,3,5,7,9,12,17-25H2,1-2,4H3. The molecule has 1 heterocycles. The van der Waals surface area contributed by atoms with E-state index in [0.29, 0.717) is 38.5 Å². The molecule has 258 valence electrons. The quantitative estimate of drug-likeness (QED) is 0.0838. The number of aliphatic hydroxyl groups excluding tert-OH is 3. The Morgan fingerprint density at radius 3 is 2.55 bits per heavy atom. The topological polar surface area (TPSA) is 118 Å². The molecule has 1 aromatic carbocycles. The number of carbonyl (C=O) groups is 1. The zero-order valence-corrected chi connectivity index (χ0v) is 29.9. The van der Waals surface area contributed by atoms with Crippen molar-refractivity contribution in [1.29, 1.82) is 0 Å². The second-order valence-corrected chi connectivity index (χ2v) is 16.6. The van der Waals surface area contributed by atoms with Gasteiger partial charge in [-0.1, -0.05) is 81.3 Å². The molecule has 2 saturated carbocycles. The zero-order chi connectivity index (χ0) is 34.2. The van der Waals surface area contributed by atoms with Gasteiger partial charge in [-0.3, -0.25) is 4.79 Å². The average Bonchev–Trinajstić information content (AvgIpc) is 3.31. The number of hydrogen-bond donors (Lipinski definition) is 5. The van der Waals surface area contributed by atoms with Crippen LogP contribution in [0.5, 0.6) is 5.75 Å². The van der Waals surface area contributed by atoms with E-state index in [4.69, 9.17) is 0 Å². The molecular weight excluding hydrogens is 629 g/mol. The molecule has 0 aromatic heterocycles. The Labute approximate surface area is 289 Å². The molecule has 2 fully saturated rings. The van der Waals surface area contributed by atoms with E-state index in [1.807, 2.05) is 25.2 Å². The summed E-state index contributed by atoms with van der Waals surface area (Å²) in [6.07, 6.45) is 12.2. The van der Waals surface area contributed by atoms with Gasteiger partial charge in [-0.05, 0) is 113 Å². The second-order valence-electron chi connectivity index (χ2n) is 14.0. The average molecular weight is 683 g/mol. The van der Waals surface area contributed by atoms with Gasteiger partial charge in [0.1, 0.15) is 5.75 Å².